The molecule has 0 bridgehead atoms. The number of ether oxygens (including phenoxy) is 1. The van der Waals surface area contributed by atoms with Crippen LogP contribution in [0.5, 0.6) is 0 Å². The third kappa shape index (κ3) is 5.54. The molecule has 1 heterocycles. The summed E-state index contributed by atoms with van der Waals surface area (Å²) in [7, 11) is -3.82. The number of likely N-dealkylation sites (tertiary alicyclic amines) is 1. The molecule has 1 aromatic carbocycles. The Morgan fingerprint density at radius 1 is 1.24 bits per heavy atom. The molecule has 1 aromatic rings. The number of carbonyl (C=O) groups is 2. The van der Waals surface area contributed by atoms with Crippen LogP contribution >= 0.6 is 0 Å². The second kappa shape index (κ2) is 8.44. The third-order valence-corrected chi connectivity index (χ3v) is 5.77. The van der Waals surface area contributed by atoms with Gasteiger partial charge in [-0.1, -0.05) is 25.1 Å². The van der Waals surface area contributed by atoms with Crippen molar-refractivity contribution in [3.05, 3.63) is 30.3 Å². The van der Waals surface area contributed by atoms with E-state index in [1.807, 2.05) is 0 Å². The molecule has 8 heteroatoms. The second-order valence-corrected chi connectivity index (χ2v) is 8.04. The predicted molar refractivity (Wildman–Crippen MR) is 92.2 cm³/mol. The molecule has 0 saturated carbocycles. The Morgan fingerprint density at radius 2 is 1.84 bits per heavy atom. The number of benzene rings is 1. The number of hydrogen-bond acceptors (Lipinski definition) is 5. The van der Waals surface area contributed by atoms with Gasteiger partial charge >= 0.3 is 5.97 Å². The van der Waals surface area contributed by atoms with Crippen molar-refractivity contribution in [2.24, 2.45) is 5.92 Å². The predicted octanol–water partition coefficient (Wildman–Crippen LogP) is 1.16. The summed E-state index contributed by atoms with van der Waals surface area (Å²) >= 11 is 0. The standard InChI is InChI=1S/C17H24N2O5S/c1-13-8-10-19(11-9-13)16(20)12-24-17(21)14(2)18-25(22,23)15-6-4-3-5-7-15/h3-7,13-14,18H,8-12H2,1-2H3. The van der Waals surface area contributed by atoms with Crippen molar-refractivity contribution in [3.63, 3.8) is 0 Å². The van der Waals surface area contributed by atoms with Crippen LogP contribution in [0.4, 0.5) is 0 Å². The fraction of sp³-hybridized carbons (Fsp3) is 0.529. The van der Waals surface area contributed by atoms with Gasteiger partial charge in [0.2, 0.25) is 10.0 Å². The molecule has 1 aliphatic heterocycles. The first-order valence-electron chi connectivity index (χ1n) is 8.31. The lowest BCUT2D eigenvalue weighted by Gasteiger charge is -2.30. The van der Waals surface area contributed by atoms with E-state index in [0.717, 1.165) is 12.8 Å². The fourth-order valence-corrected chi connectivity index (χ4v) is 3.77. The number of esters is 1. The largest absolute Gasteiger partial charge is 0.454 e. The topological polar surface area (TPSA) is 92.8 Å². The summed E-state index contributed by atoms with van der Waals surface area (Å²) < 4.78 is 31.6. The highest BCUT2D eigenvalue weighted by Gasteiger charge is 2.25. The van der Waals surface area contributed by atoms with Gasteiger partial charge in [-0.3, -0.25) is 9.59 Å². The number of sulfonamides is 1. The molecule has 25 heavy (non-hydrogen) atoms. The van der Waals surface area contributed by atoms with E-state index >= 15 is 0 Å². The summed E-state index contributed by atoms with van der Waals surface area (Å²) in [6.45, 7) is 4.48. The molecule has 1 fully saturated rings. The smallest absolute Gasteiger partial charge is 0.324 e. The van der Waals surface area contributed by atoms with Gasteiger partial charge < -0.3 is 9.64 Å². The summed E-state index contributed by atoms with van der Waals surface area (Å²) in [6, 6.07) is 6.66. The number of amides is 1. The Kier molecular flexibility index (Phi) is 6.55. The summed E-state index contributed by atoms with van der Waals surface area (Å²) in [6.07, 6.45) is 1.87. The molecule has 0 spiro atoms. The van der Waals surface area contributed by atoms with Gasteiger partial charge in [0.15, 0.2) is 6.61 Å². The molecule has 1 saturated heterocycles. The van der Waals surface area contributed by atoms with Gasteiger partial charge in [-0.05, 0) is 37.8 Å². The minimum atomic E-state index is -3.82. The van der Waals surface area contributed by atoms with Gasteiger partial charge in [0.1, 0.15) is 6.04 Å². The van der Waals surface area contributed by atoms with Crippen LogP contribution in [0.2, 0.25) is 0 Å². The SMILES string of the molecule is CC1CCN(C(=O)COC(=O)C(C)NS(=O)(=O)c2ccccc2)CC1. The van der Waals surface area contributed by atoms with Gasteiger partial charge in [0, 0.05) is 13.1 Å². The van der Waals surface area contributed by atoms with E-state index in [4.69, 9.17) is 4.74 Å². The molecule has 7 nitrogen and oxygen atoms in total. The van der Waals surface area contributed by atoms with E-state index in [1.165, 1.54) is 19.1 Å². The lowest BCUT2D eigenvalue weighted by atomic mass is 9.99. The molecular formula is C17H24N2O5S. The molecule has 0 aliphatic carbocycles. The minimum absolute atomic E-state index is 0.0631. The van der Waals surface area contributed by atoms with Crippen LogP contribution in [0.3, 0.4) is 0 Å². The molecule has 2 rings (SSSR count). The zero-order valence-corrected chi connectivity index (χ0v) is 15.3. The summed E-state index contributed by atoms with van der Waals surface area (Å²) in [4.78, 5) is 25.8. The quantitative estimate of drug-likeness (QED) is 0.761. The first-order chi connectivity index (χ1) is 11.8. The third-order valence-electron chi connectivity index (χ3n) is 4.21. The number of hydrogen-bond donors (Lipinski definition) is 1. The number of nitrogens with zero attached hydrogens (tertiary/aromatic N) is 1. The maximum absolute atomic E-state index is 12.2. The molecule has 138 valence electrons. The van der Waals surface area contributed by atoms with Crippen LogP contribution in [-0.4, -0.2) is 50.9 Å². The van der Waals surface area contributed by atoms with Crippen molar-refractivity contribution in [2.75, 3.05) is 19.7 Å². The average Bonchev–Trinajstić information content (AvgIpc) is 2.60. The van der Waals surface area contributed by atoms with Crippen molar-refractivity contribution in [2.45, 2.75) is 37.6 Å². The molecule has 1 aliphatic rings. The highest BCUT2D eigenvalue weighted by molar-refractivity contribution is 7.89. The first-order valence-corrected chi connectivity index (χ1v) is 9.79. The number of carbonyl (C=O) groups excluding carboxylic acids is 2. The van der Waals surface area contributed by atoms with E-state index in [9.17, 15) is 18.0 Å². The molecule has 0 radical (unpaired) electrons. The molecule has 0 aromatic heterocycles. The van der Waals surface area contributed by atoms with Gasteiger partial charge in [-0.15, -0.1) is 0 Å². The normalized spacial score (nSPS) is 17.1. The zero-order valence-electron chi connectivity index (χ0n) is 14.5. The summed E-state index contributed by atoms with van der Waals surface area (Å²) in [5, 5.41) is 0. The van der Waals surface area contributed by atoms with Crippen LogP contribution in [0.15, 0.2) is 35.2 Å². The summed E-state index contributed by atoms with van der Waals surface area (Å²) in [5.41, 5.74) is 0. The van der Waals surface area contributed by atoms with Crippen LogP contribution < -0.4 is 4.72 Å². The Labute approximate surface area is 148 Å². The van der Waals surface area contributed by atoms with Crippen LogP contribution in [0, 0.1) is 5.92 Å². The number of nitrogens with one attached hydrogen (secondary N) is 1. The fourth-order valence-electron chi connectivity index (χ4n) is 2.56. The number of piperidine rings is 1. The van der Waals surface area contributed by atoms with Gasteiger partial charge in [0.05, 0.1) is 4.90 Å². The van der Waals surface area contributed by atoms with E-state index in [2.05, 4.69) is 11.6 Å². The molecule has 1 amide bonds. The first kappa shape index (κ1) is 19.4. The maximum Gasteiger partial charge on any atom is 0.324 e. The minimum Gasteiger partial charge on any atom is -0.454 e. The van der Waals surface area contributed by atoms with Crippen molar-refractivity contribution in [1.82, 2.24) is 9.62 Å². The van der Waals surface area contributed by atoms with E-state index < -0.39 is 22.0 Å². The summed E-state index contributed by atoms with van der Waals surface area (Å²) in [5.74, 6) is -0.435. The van der Waals surface area contributed by atoms with Crippen LogP contribution in [-0.2, 0) is 24.3 Å². The van der Waals surface area contributed by atoms with Crippen molar-refractivity contribution in [1.29, 1.82) is 0 Å². The van der Waals surface area contributed by atoms with E-state index in [1.54, 1.807) is 23.1 Å². The van der Waals surface area contributed by atoms with E-state index in [-0.39, 0.29) is 17.4 Å². The average molecular weight is 368 g/mol. The Morgan fingerprint density at radius 3 is 2.44 bits per heavy atom. The zero-order chi connectivity index (χ0) is 18.4. The Balaban J connectivity index is 1.83. The Hall–Kier alpha value is -1.93. The molecular weight excluding hydrogens is 344 g/mol. The molecule has 1 N–H and O–H groups in total. The lowest BCUT2D eigenvalue weighted by molar-refractivity contribution is -0.153. The van der Waals surface area contributed by atoms with Crippen LogP contribution in [0.25, 0.3) is 0 Å². The van der Waals surface area contributed by atoms with Crippen molar-refractivity contribution in [3.8, 4) is 0 Å². The highest BCUT2D eigenvalue weighted by Crippen LogP contribution is 2.16. The van der Waals surface area contributed by atoms with Gasteiger partial charge in [-0.2, -0.15) is 4.72 Å². The van der Waals surface area contributed by atoms with Crippen molar-refractivity contribution < 1.29 is 22.7 Å². The maximum atomic E-state index is 12.2. The second-order valence-electron chi connectivity index (χ2n) is 6.33. The highest BCUT2D eigenvalue weighted by atomic mass is 32.2. The van der Waals surface area contributed by atoms with E-state index in [0.29, 0.717) is 19.0 Å². The number of rotatable bonds is 6. The van der Waals surface area contributed by atoms with Crippen molar-refractivity contribution >= 4 is 21.9 Å². The van der Waals surface area contributed by atoms with Crippen LogP contribution in [0.1, 0.15) is 26.7 Å². The van der Waals surface area contributed by atoms with Gasteiger partial charge in [-0.25, -0.2) is 8.42 Å². The lowest BCUT2D eigenvalue weighted by Crippen LogP contribution is -2.43. The van der Waals surface area contributed by atoms with Gasteiger partial charge in [0.25, 0.3) is 5.91 Å². The Bertz CT molecular complexity index is 697. The molecule has 1 unspecified atom stereocenters. The molecule has 1 atom stereocenters. The monoisotopic (exact) mass is 368 g/mol.